The van der Waals surface area contributed by atoms with Gasteiger partial charge in [-0.1, -0.05) is 0 Å². The van der Waals surface area contributed by atoms with Gasteiger partial charge in [0.2, 0.25) is 12.0 Å². The number of hydrogen-bond donors (Lipinski definition) is 1. The van der Waals surface area contributed by atoms with E-state index in [1.165, 1.54) is 18.0 Å². The number of anilines is 1. The van der Waals surface area contributed by atoms with Crippen molar-refractivity contribution in [2.24, 2.45) is 4.99 Å². The molecule has 96 valence electrons. The molecule has 1 heterocycles. The summed E-state index contributed by atoms with van der Waals surface area (Å²) < 4.78 is 3.08. The van der Waals surface area contributed by atoms with Gasteiger partial charge in [0.05, 0.1) is 5.69 Å². The summed E-state index contributed by atoms with van der Waals surface area (Å²) in [5.41, 5.74) is 2.43. The largest absolute Gasteiger partial charge is 0.294 e. The lowest BCUT2D eigenvalue weighted by atomic mass is 10.3. The van der Waals surface area contributed by atoms with Gasteiger partial charge in [0.25, 0.3) is 0 Å². The summed E-state index contributed by atoms with van der Waals surface area (Å²) >= 11 is 1.40. The second kappa shape index (κ2) is 6.13. The minimum absolute atomic E-state index is 0.581. The number of hydrogen-bond acceptors (Lipinski definition) is 6. The van der Waals surface area contributed by atoms with Crippen LogP contribution in [0.5, 0.6) is 0 Å². The van der Waals surface area contributed by atoms with Crippen LogP contribution < -0.4 is 4.72 Å². The Kier molecular flexibility index (Phi) is 4.28. The highest BCUT2D eigenvalue weighted by molar-refractivity contribution is 8.00. The van der Waals surface area contributed by atoms with Gasteiger partial charge in [-0.05, 0) is 56.1 Å². The van der Waals surface area contributed by atoms with Crippen molar-refractivity contribution in [3.63, 3.8) is 0 Å². The van der Waals surface area contributed by atoms with Gasteiger partial charge in [-0.25, -0.2) is 14.8 Å². The smallest absolute Gasteiger partial charge is 0.240 e. The van der Waals surface area contributed by atoms with Gasteiger partial charge in [0.15, 0.2) is 0 Å². The SMILES string of the molecule is Cc1cc(C)nc(NSc2ccc(N=C=O)cc2)n1. The second-order valence-corrected chi connectivity index (χ2v) is 4.76. The molecule has 2 rings (SSSR count). The number of aromatic nitrogens is 2. The van der Waals surface area contributed by atoms with Gasteiger partial charge in [0.1, 0.15) is 0 Å². The number of aliphatic imine (C=N–C) groups is 1. The normalized spacial score (nSPS) is 9.79. The fraction of sp³-hybridized carbons (Fsp3) is 0.154. The second-order valence-electron chi connectivity index (χ2n) is 3.88. The Balaban J connectivity index is 2.03. The highest BCUT2D eigenvalue weighted by Crippen LogP contribution is 2.22. The molecule has 6 heteroatoms. The Hall–Kier alpha value is -2.17. The summed E-state index contributed by atoms with van der Waals surface area (Å²) in [6, 6.07) is 9.13. The number of rotatable bonds is 4. The maximum atomic E-state index is 10.1. The maximum absolute atomic E-state index is 10.1. The lowest BCUT2D eigenvalue weighted by molar-refractivity contribution is 0.565. The van der Waals surface area contributed by atoms with E-state index in [-0.39, 0.29) is 0 Å². The van der Waals surface area contributed by atoms with Gasteiger partial charge in [0, 0.05) is 16.3 Å². The highest BCUT2D eigenvalue weighted by atomic mass is 32.2. The van der Waals surface area contributed by atoms with Crippen LogP contribution in [0.3, 0.4) is 0 Å². The summed E-state index contributed by atoms with van der Waals surface area (Å²) in [7, 11) is 0. The molecular formula is C13H12N4OS. The number of benzene rings is 1. The van der Waals surface area contributed by atoms with Crippen LogP contribution in [0.25, 0.3) is 0 Å². The molecular weight excluding hydrogens is 260 g/mol. The minimum atomic E-state index is 0.581. The summed E-state index contributed by atoms with van der Waals surface area (Å²) in [6.07, 6.45) is 1.51. The van der Waals surface area contributed by atoms with E-state index in [0.717, 1.165) is 16.3 Å². The molecule has 1 aromatic carbocycles. The molecule has 0 saturated heterocycles. The van der Waals surface area contributed by atoms with Gasteiger partial charge in [-0.15, -0.1) is 0 Å². The Bertz CT molecular complexity index is 601. The van der Waals surface area contributed by atoms with Crippen LogP contribution in [-0.4, -0.2) is 16.0 Å². The van der Waals surface area contributed by atoms with E-state index >= 15 is 0 Å². The molecule has 0 fully saturated rings. The summed E-state index contributed by atoms with van der Waals surface area (Å²) in [4.78, 5) is 23.2. The van der Waals surface area contributed by atoms with E-state index in [1.54, 1.807) is 12.1 Å². The van der Waals surface area contributed by atoms with Crippen LogP contribution in [0, 0.1) is 13.8 Å². The van der Waals surface area contributed by atoms with Crippen molar-refractivity contribution in [3.05, 3.63) is 41.7 Å². The fourth-order valence-electron chi connectivity index (χ4n) is 1.52. The van der Waals surface area contributed by atoms with Crippen molar-refractivity contribution < 1.29 is 4.79 Å². The van der Waals surface area contributed by atoms with E-state index in [9.17, 15) is 4.79 Å². The molecule has 0 atom stereocenters. The standard InChI is InChI=1S/C13H12N4OS/c1-9-7-10(2)16-13(15-9)17-19-12-5-3-11(4-6-12)14-8-18/h3-7H,1-2H3,(H,15,16,17). The quantitative estimate of drug-likeness (QED) is 0.526. The number of carbonyl (C=O) groups excluding carboxylic acids is 1. The lowest BCUT2D eigenvalue weighted by Gasteiger charge is -2.05. The van der Waals surface area contributed by atoms with E-state index in [1.807, 2.05) is 32.0 Å². The van der Waals surface area contributed by atoms with Gasteiger partial charge in [-0.3, -0.25) is 4.72 Å². The third-order valence-corrected chi connectivity index (χ3v) is 3.05. The molecule has 2 aromatic rings. The molecule has 0 bridgehead atoms. The van der Waals surface area contributed by atoms with E-state index in [0.29, 0.717) is 11.6 Å². The molecule has 0 aliphatic carbocycles. The zero-order valence-corrected chi connectivity index (χ0v) is 11.4. The van der Waals surface area contributed by atoms with Crippen LogP contribution in [0.4, 0.5) is 11.6 Å². The van der Waals surface area contributed by atoms with E-state index in [4.69, 9.17) is 0 Å². The molecule has 0 aliphatic heterocycles. The van der Waals surface area contributed by atoms with E-state index in [2.05, 4.69) is 19.7 Å². The molecule has 0 aliphatic rings. The third kappa shape index (κ3) is 3.91. The molecule has 0 unspecified atom stereocenters. The minimum Gasteiger partial charge on any atom is -0.294 e. The van der Waals surface area contributed by atoms with Gasteiger partial charge >= 0.3 is 0 Å². The molecule has 1 N–H and O–H groups in total. The molecule has 0 radical (unpaired) electrons. The maximum Gasteiger partial charge on any atom is 0.240 e. The summed E-state index contributed by atoms with van der Waals surface area (Å²) in [5.74, 6) is 0.581. The first kappa shape index (κ1) is 13.3. The molecule has 0 amide bonds. The Morgan fingerprint density at radius 2 is 1.79 bits per heavy atom. The van der Waals surface area contributed by atoms with Crippen molar-refractivity contribution >= 4 is 29.7 Å². The number of aryl methyl sites for hydroxylation is 2. The molecule has 0 saturated carbocycles. The monoisotopic (exact) mass is 272 g/mol. The number of isocyanates is 1. The first-order valence-electron chi connectivity index (χ1n) is 5.60. The summed E-state index contributed by atoms with van der Waals surface area (Å²) in [6.45, 7) is 3.85. The fourth-order valence-corrected chi connectivity index (χ4v) is 2.09. The van der Waals surface area contributed by atoms with Gasteiger partial charge < -0.3 is 0 Å². The molecule has 1 aromatic heterocycles. The molecule has 5 nitrogen and oxygen atoms in total. The van der Waals surface area contributed by atoms with Crippen LogP contribution in [0.1, 0.15) is 11.4 Å². The zero-order chi connectivity index (χ0) is 13.7. The molecule has 0 spiro atoms. The van der Waals surface area contributed by atoms with Crippen molar-refractivity contribution in [1.82, 2.24) is 9.97 Å². The van der Waals surface area contributed by atoms with Crippen molar-refractivity contribution in [3.8, 4) is 0 Å². The number of nitrogens with one attached hydrogen (secondary N) is 1. The average Bonchev–Trinajstić information content (AvgIpc) is 2.37. The Morgan fingerprint density at radius 3 is 2.37 bits per heavy atom. The van der Waals surface area contributed by atoms with Crippen molar-refractivity contribution in [2.75, 3.05) is 4.72 Å². The summed E-state index contributed by atoms with van der Waals surface area (Å²) in [5, 5.41) is 0. The van der Waals surface area contributed by atoms with Crippen LogP contribution in [0.15, 0.2) is 40.2 Å². The predicted molar refractivity (Wildman–Crippen MR) is 75.2 cm³/mol. The van der Waals surface area contributed by atoms with Gasteiger partial charge in [-0.2, -0.15) is 4.99 Å². The first-order chi connectivity index (χ1) is 9.17. The predicted octanol–water partition coefficient (Wildman–Crippen LogP) is 3.18. The Morgan fingerprint density at radius 1 is 1.16 bits per heavy atom. The van der Waals surface area contributed by atoms with Crippen LogP contribution in [-0.2, 0) is 4.79 Å². The molecule has 19 heavy (non-hydrogen) atoms. The van der Waals surface area contributed by atoms with E-state index < -0.39 is 0 Å². The zero-order valence-electron chi connectivity index (χ0n) is 10.5. The lowest BCUT2D eigenvalue weighted by Crippen LogP contribution is -1.97. The third-order valence-electron chi connectivity index (χ3n) is 2.25. The number of nitrogens with zero attached hydrogens (tertiary/aromatic N) is 3. The highest BCUT2D eigenvalue weighted by Gasteiger charge is 2.00. The first-order valence-corrected chi connectivity index (χ1v) is 6.42. The topological polar surface area (TPSA) is 67.2 Å². The Labute approximate surface area is 115 Å². The van der Waals surface area contributed by atoms with Crippen LogP contribution in [0.2, 0.25) is 0 Å². The average molecular weight is 272 g/mol. The van der Waals surface area contributed by atoms with Crippen LogP contribution >= 0.6 is 11.9 Å². The van der Waals surface area contributed by atoms with Crippen molar-refractivity contribution in [2.45, 2.75) is 18.7 Å². The van der Waals surface area contributed by atoms with Crippen molar-refractivity contribution in [1.29, 1.82) is 0 Å².